The summed E-state index contributed by atoms with van der Waals surface area (Å²) in [5, 5.41) is 6.22. The zero-order valence-corrected chi connectivity index (χ0v) is 14.6. The molecule has 6 heteroatoms. The van der Waals surface area contributed by atoms with E-state index in [-0.39, 0.29) is 17.0 Å². The molecule has 0 saturated heterocycles. The van der Waals surface area contributed by atoms with Gasteiger partial charge in [0, 0.05) is 16.6 Å². The first-order valence-corrected chi connectivity index (χ1v) is 7.94. The molecule has 0 aliphatic carbocycles. The Morgan fingerprint density at radius 1 is 0.957 bits per heavy atom. The Balaban J connectivity index is 0.00000156. The summed E-state index contributed by atoms with van der Waals surface area (Å²) in [6.07, 6.45) is 0. The molecule has 0 atom stereocenters. The summed E-state index contributed by atoms with van der Waals surface area (Å²) < 4.78 is 11.2. The van der Waals surface area contributed by atoms with E-state index in [0.717, 1.165) is 33.6 Å². The molecule has 4 nitrogen and oxygen atoms in total. The van der Waals surface area contributed by atoms with Crippen LogP contribution in [0.5, 0.6) is 11.5 Å². The van der Waals surface area contributed by atoms with Gasteiger partial charge in [0.15, 0.2) is 16.6 Å². The highest BCUT2D eigenvalue weighted by molar-refractivity contribution is 7.14. The Bertz CT molecular complexity index is 792. The summed E-state index contributed by atoms with van der Waals surface area (Å²) in [4.78, 5) is 4.64. The highest BCUT2D eigenvalue weighted by Gasteiger charge is 2.13. The van der Waals surface area contributed by atoms with Crippen molar-refractivity contribution < 1.29 is 26.5 Å². The van der Waals surface area contributed by atoms with Gasteiger partial charge in [-0.2, -0.15) is 0 Å². The van der Waals surface area contributed by atoms with Gasteiger partial charge in [-0.3, -0.25) is 0 Å². The van der Waals surface area contributed by atoms with Gasteiger partial charge in [-0.25, -0.2) is 4.98 Å². The number of anilines is 2. The number of halogens is 1. The number of aromatic nitrogens is 1. The molecule has 2 aromatic carbocycles. The fourth-order valence-corrected chi connectivity index (χ4v) is 3.05. The minimum absolute atomic E-state index is 0. The van der Waals surface area contributed by atoms with Crippen molar-refractivity contribution >= 4 is 22.2 Å². The molecular weight excluding hydrogens is 376 g/mol. The van der Waals surface area contributed by atoms with E-state index >= 15 is 0 Å². The number of hydrogen-bond acceptors (Lipinski definition) is 5. The van der Waals surface area contributed by atoms with Crippen LogP contribution in [0.4, 0.5) is 10.8 Å². The summed E-state index contributed by atoms with van der Waals surface area (Å²) in [6.45, 7) is 1.20. The van der Waals surface area contributed by atoms with Crippen LogP contribution in [-0.4, -0.2) is 18.2 Å². The Kier molecular flexibility index (Phi) is 4.83. The molecule has 0 radical (unpaired) electrons. The molecule has 0 bridgehead atoms. The average Bonchev–Trinajstić information content (AvgIpc) is 3.04. The molecule has 1 aliphatic rings. The second-order valence-corrected chi connectivity index (χ2v) is 5.75. The Labute approximate surface area is 148 Å². The second kappa shape index (κ2) is 7.02. The van der Waals surface area contributed by atoms with Crippen molar-refractivity contribution in [3.63, 3.8) is 0 Å². The molecular formula is C17H14BrN2O2S-. The minimum Gasteiger partial charge on any atom is -1.00 e. The third kappa shape index (κ3) is 3.48. The quantitative estimate of drug-likeness (QED) is 0.733. The largest absolute Gasteiger partial charge is 1.00 e. The van der Waals surface area contributed by atoms with Gasteiger partial charge in [-0.15, -0.1) is 11.3 Å². The molecule has 1 aliphatic heterocycles. The van der Waals surface area contributed by atoms with Gasteiger partial charge in [0.2, 0.25) is 0 Å². The Morgan fingerprint density at radius 3 is 2.57 bits per heavy atom. The van der Waals surface area contributed by atoms with Crippen LogP contribution in [0.2, 0.25) is 0 Å². The molecule has 0 amide bonds. The number of ether oxygens (including phenoxy) is 2. The maximum absolute atomic E-state index is 5.62. The predicted octanol–water partition coefficient (Wildman–Crippen LogP) is 1.33. The van der Waals surface area contributed by atoms with Crippen molar-refractivity contribution in [1.82, 2.24) is 4.98 Å². The van der Waals surface area contributed by atoms with Crippen LogP contribution in [0.3, 0.4) is 0 Å². The van der Waals surface area contributed by atoms with Crippen molar-refractivity contribution in [2.24, 2.45) is 0 Å². The first-order valence-electron chi connectivity index (χ1n) is 7.06. The highest BCUT2D eigenvalue weighted by atomic mass is 79.9. The standard InChI is InChI=1S/C17H14N2O2S.BrH/c1-2-4-13(5-3-1)18-17-19-14(11-22-17)12-6-7-15-16(10-12)21-9-8-20-15;/h1-7,10-11H,8-9H2,(H,18,19);1H/p-1. The topological polar surface area (TPSA) is 43.4 Å². The SMILES string of the molecule is [Br-].c1ccc(Nc2nc(-c3ccc4c(c3)OCCO4)cs2)cc1. The van der Waals surface area contributed by atoms with Crippen LogP contribution < -0.4 is 31.8 Å². The zero-order valence-electron chi connectivity index (χ0n) is 12.2. The molecule has 23 heavy (non-hydrogen) atoms. The van der Waals surface area contributed by atoms with Gasteiger partial charge in [0.05, 0.1) is 5.69 Å². The van der Waals surface area contributed by atoms with Crippen LogP contribution >= 0.6 is 11.3 Å². The van der Waals surface area contributed by atoms with E-state index in [1.54, 1.807) is 11.3 Å². The van der Waals surface area contributed by atoms with Crippen molar-refractivity contribution in [2.45, 2.75) is 0 Å². The smallest absolute Gasteiger partial charge is 0.187 e. The number of nitrogens with zero attached hydrogens (tertiary/aromatic N) is 1. The van der Waals surface area contributed by atoms with E-state index in [0.29, 0.717) is 13.2 Å². The van der Waals surface area contributed by atoms with Gasteiger partial charge < -0.3 is 31.8 Å². The maximum Gasteiger partial charge on any atom is 0.187 e. The molecule has 4 rings (SSSR count). The van der Waals surface area contributed by atoms with Gasteiger partial charge in [0.25, 0.3) is 0 Å². The van der Waals surface area contributed by atoms with E-state index in [9.17, 15) is 0 Å². The monoisotopic (exact) mass is 389 g/mol. The maximum atomic E-state index is 5.62. The van der Waals surface area contributed by atoms with E-state index in [4.69, 9.17) is 9.47 Å². The van der Waals surface area contributed by atoms with Gasteiger partial charge in [0.1, 0.15) is 13.2 Å². The minimum atomic E-state index is 0. The number of para-hydroxylation sites is 1. The normalized spacial score (nSPS) is 12.3. The Hall–Kier alpha value is -2.05. The van der Waals surface area contributed by atoms with Crippen LogP contribution in [0.1, 0.15) is 0 Å². The highest BCUT2D eigenvalue weighted by Crippen LogP contribution is 2.35. The fourth-order valence-electron chi connectivity index (χ4n) is 2.31. The molecule has 1 N–H and O–H groups in total. The molecule has 0 spiro atoms. The van der Waals surface area contributed by atoms with Crippen molar-refractivity contribution in [3.05, 3.63) is 53.9 Å². The van der Waals surface area contributed by atoms with Crippen LogP contribution in [-0.2, 0) is 0 Å². The summed E-state index contributed by atoms with van der Waals surface area (Å²) >= 11 is 1.58. The zero-order chi connectivity index (χ0) is 14.8. The lowest BCUT2D eigenvalue weighted by Gasteiger charge is -2.18. The first kappa shape index (κ1) is 15.8. The van der Waals surface area contributed by atoms with E-state index in [1.807, 2.05) is 53.9 Å². The van der Waals surface area contributed by atoms with Gasteiger partial charge >= 0.3 is 0 Å². The number of benzene rings is 2. The predicted molar refractivity (Wildman–Crippen MR) is 88.3 cm³/mol. The number of thiazole rings is 1. The van der Waals surface area contributed by atoms with E-state index in [2.05, 4.69) is 10.3 Å². The molecule has 0 fully saturated rings. The lowest BCUT2D eigenvalue weighted by molar-refractivity contribution is -0.00000487. The molecule has 2 heterocycles. The molecule has 118 valence electrons. The van der Waals surface area contributed by atoms with Crippen LogP contribution in [0.15, 0.2) is 53.9 Å². The third-order valence-corrected chi connectivity index (χ3v) is 4.12. The Morgan fingerprint density at radius 2 is 1.74 bits per heavy atom. The van der Waals surface area contributed by atoms with Crippen LogP contribution in [0.25, 0.3) is 11.3 Å². The van der Waals surface area contributed by atoms with Crippen molar-refractivity contribution in [1.29, 1.82) is 0 Å². The summed E-state index contributed by atoms with van der Waals surface area (Å²) in [5.74, 6) is 1.59. The number of rotatable bonds is 3. The fraction of sp³-hybridized carbons (Fsp3) is 0.118. The lowest BCUT2D eigenvalue weighted by Crippen LogP contribution is -3.00. The van der Waals surface area contributed by atoms with Gasteiger partial charge in [-0.1, -0.05) is 18.2 Å². The number of nitrogens with one attached hydrogen (secondary N) is 1. The summed E-state index contributed by atoms with van der Waals surface area (Å²) in [6, 6.07) is 16.0. The van der Waals surface area contributed by atoms with Crippen LogP contribution in [0, 0.1) is 0 Å². The first-order chi connectivity index (χ1) is 10.9. The summed E-state index contributed by atoms with van der Waals surface area (Å²) in [7, 11) is 0. The molecule has 0 unspecified atom stereocenters. The van der Waals surface area contributed by atoms with Crippen molar-refractivity contribution in [2.75, 3.05) is 18.5 Å². The van der Waals surface area contributed by atoms with E-state index in [1.165, 1.54) is 0 Å². The van der Waals surface area contributed by atoms with Gasteiger partial charge in [-0.05, 0) is 30.3 Å². The average molecular weight is 390 g/mol. The van der Waals surface area contributed by atoms with E-state index < -0.39 is 0 Å². The molecule has 3 aromatic rings. The third-order valence-electron chi connectivity index (χ3n) is 3.37. The molecule has 1 aromatic heterocycles. The summed E-state index contributed by atoms with van der Waals surface area (Å²) in [5.41, 5.74) is 2.99. The number of hydrogen-bond donors (Lipinski definition) is 1. The lowest BCUT2D eigenvalue weighted by atomic mass is 10.1. The number of fused-ring (bicyclic) bond motifs is 1. The van der Waals surface area contributed by atoms with Crippen molar-refractivity contribution in [3.8, 4) is 22.8 Å². The second-order valence-electron chi connectivity index (χ2n) is 4.89. The molecule has 0 saturated carbocycles.